The zero-order valence-electron chi connectivity index (χ0n) is 7.60. The standard InChI is InChI=1S/C10H9NO4/c11-8-5-7(10(14)15)2-1-6(8)3-4-9(12)13/h1-5H,11H2,(H,12,13)(H,14,15)/p-2/b4-3+. The predicted octanol–water partition coefficient (Wildman–Crippen LogP) is -1.60. The topological polar surface area (TPSA) is 106 Å². The number of aromatic carboxylic acids is 1. The zero-order chi connectivity index (χ0) is 11.4. The maximum absolute atomic E-state index is 10.4. The lowest BCUT2D eigenvalue weighted by molar-refractivity contribution is -0.297. The van der Waals surface area contributed by atoms with E-state index in [2.05, 4.69) is 0 Å². The monoisotopic (exact) mass is 205 g/mol. The van der Waals surface area contributed by atoms with E-state index in [1.807, 2.05) is 0 Å². The van der Waals surface area contributed by atoms with Crippen molar-refractivity contribution in [2.24, 2.45) is 0 Å². The molecule has 0 atom stereocenters. The van der Waals surface area contributed by atoms with Gasteiger partial charge in [0.2, 0.25) is 0 Å². The summed E-state index contributed by atoms with van der Waals surface area (Å²) in [5.41, 5.74) is 6.00. The molecule has 0 fully saturated rings. The predicted molar refractivity (Wildman–Crippen MR) is 49.2 cm³/mol. The van der Waals surface area contributed by atoms with Crippen LogP contribution in [0.25, 0.3) is 6.08 Å². The highest BCUT2D eigenvalue weighted by Crippen LogP contribution is 2.15. The summed E-state index contributed by atoms with van der Waals surface area (Å²) in [6.07, 6.45) is 2.04. The molecule has 5 heteroatoms. The number of hydrogen-bond donors (Lipinski definition) is 1. The van der Waals surface area contributed by atoms with Gasteiger partial charge in [-0.3, -0.25) is 0 Å². The number of benzene rings is 1. The van der Waals surface area contributed by atoms with E-state index < -0.39 is 11.9 Å². The molecule has 0 aliphatic rings. The molecule has 1 aromatic carbocycles. The van der Waals surface area contributed by atoms with E-state index >= 15 is 0 Å². The smallest absolute Gasteiger partial charge is 0.0716 e. The van der Waals surface area contributed by atoms with Crippen molar-refractivity contribution in [2.75, 3.05) is 5.73 Å². The molecule has 0 saturated heterocycles. The molecule has 0 unspecified atom stereocenters. The Kier molecular flexibility index (Phi) is 3.07. The Morgan fingerprint density at radius 3 is 2.40 bits per heavy atom. The Labute approximate surface area is 85.5 Å². The van der Waals surface area contributed by atoms with Crippen LogP contribution in [0.4, 0.5) is 5.69 Å². The number of nitrogens with two attached hydrogens (primary N) is 1. The number of aliphatic carboxylic acids is 1. The van der Waals surface area contributed by atoms with Gasteiger partial charge in [0.1, 0.15) is 0 Å². The van der Waals surface area contributed by atoms with Gasteiger partial charge < -0.3 is 25.5 Å². The normalized spacial score (nSPS) is 10.4. The summed E-state index contributed by atoms with van der Waals surface area (Å²) in [5, 5.41) is 20.6. The Bertz CT molecular complexity index is 437. The van der Waals surface area contributed by atoms with Crippen molar-refractivity contribution in [1.29, 1.82) is 0 Å². The van der Waals surface area contributed by atoms with Gasteiger partial charge in [0.15, 0.2) is 0 Å². The third-order valence-corrected chi connectivity index (χ3v) is 1.72. The average molecular weight is 205 g/mol. The first-order valence-electron chi connectivity index (χ1n) is 4.00. The molecule has 5 nitrogen and oxygen atoms in total. The fraction of sp³-hybridized carbons (Fsp3) is 0. The van der Waals surface area contributed by atoms with Crippen molar-refractivity contribution >= 4 is 23.7 Å². The molecule has 0 saturated carbocycles. The Balaban J connectivity index is 3.03. The molecule has 1 aromatic rings. The molecule has 0 radical (unpaired) electrons. The zero-order valence-corrected chi connectivity index (χ0v) is 7.60. The minimum absolute atomic E-state index is 0.0573. The molecule has 15 heavy (non-hydrogen) atoms. The molecule has 0 spiro atoms. The van der Waals surface area contributed by atoms with Crippen LogP contribution in [0.15, 0.2) is 24.3 Å². The lowest BCUT2D eigenvalue weighted by atomic mass is 10.1. The van der Waals surface area contributed by atoms with Crippen LogP contribution in [0.2, 0.25) is 0 Å². The SMILES string of the molecule is Nc1cc(C(=O)[O-])ccc1/C=C/C(=O)[O-]. The third kappa shape index (κ3) is 2.84. The molecular weight excluding hydrogens is 198 g/mol. The third-order valence-electron chi connectivity index (χ3n) is 1.72. The Morgan fingerprint density at radius 1 is 1.27 bits per heavy atom. The number of carbonyl (C=O) groups is 2. The quantitative estimate of drug-likeness (QED) is 0.472. The van der Waals surface area contributed by atoms with Crippen LogP contribution < -0.4 is 15.9 Å². The van der Waals surface area contributed by atoms with Crippen molar-refractivity contribution in [2.45, 2.75) is 0 Å². The molecule has 2 N–H and O–H groups in total. The van der Waals surface area contributed by atoms with Crippen molar-refractivity contribution in [3.05, 3.63) is 35.4 Å². The number of nitrogen functional groups attached to an aromatic ring is 1. The summed E-state index contributed by atoms with van der Waals surface area (Å²) < 4.78 is 0. The maximum atomic E-state index is 10.4. The van der Waals surface area contributed by atoms with Crippen molar-refractivity contribution in [1.82, 2.24) is 0 Å². The average Bonchev–Trinajstić information content (AvgIpc) is 2.15. The van der Waals surface area contributed by atoms with E-state index in [0.29, 0.717) is 5.56 Å². The van der Waals surface area contributed by atoms with Crippen molar-refractivity contribution < 1.29 is 19.8 Å². The lowest BCUT2D eigenvalue weighted by Crippen LogP contribution is -2.22. The molecule has 0 aliphatic heterocycles. The summed E-state index contributed by atoms with van der Waals surface area (Å²) >= 11 is 0. The van der Waals surface area contributed by atoms with Crippen LogP contribution in [-0.4, -0.2) is 11.9 Å². The highest BCUT2D eigenvalue weighted by Gasteiger charge is 1.98. The van der Waals surface area contributed by atoms with Crippen LogP contribution >= 0.6 is 0 Å². The van der Waals surface area contributed by atoms with E-state index in [9.17, 15) is 19.8 Å². The van der Waals surface area contributed by atoms with Crippen molar-refractivity contribution in [3.63, 3.8) is 0 Å². The largest absolute Gasteiger partial charge is 0.545 e. The number of carboxylic acids is 2. The molecule has 0 aromatic heterocycles. The van der Waals surface area contributed by atoms with Gasteiger partial charge in [0.05, 0.1) is 11.9 Å². The van der Waals surface area contributed by atoms with Gasteiger partial charge in [-0.25, -0.2) is 0 Å². The highest BCUT2D eigenvalue weighted by atomic mass is 16.4. The second-order valence-corrected chi connectivity index (χ2v) is 2.78. The van der Waals surface area contributed by atoms with E-state index in [0.717, 1.165) is 6.08 Å². The van der Waals surface area contributed by atoms with Crippen LogP contribution in [0.3, 0.4) is 0 Å². The summed E-state index contributed by atoms with van der Waals surface area (Å²) in [6.45, 7) is 0. The van der Waals surface area contributed by atoms with Crippen LogP contribution in [0.5, 0.6) is 0 Å². The van der Waals surface area contributed by atoms with Gasteiger partial charge in [-0.2, -0.15) is 0 Å². The molecule has 78 valence electrons. The van der Waals surface area contributed by atoms with Crippen LogP contribution in [0, 0.1) is 0 Å². The van der Waals surface area contributed by atoms with Crippen LogP contribution in [-0.2, 0) is 4.79 Å². The van der Waals surface area contributed by atoms with Gasteiger partial charge >= 0.3 is 0 Å². The first-order valence-corrected chi connectivity index (χ1v) is 4.00. The first kappa shape index (κ1) is 10.8. The van der Waals surface area contributed by atoms with E-state index in [1.165, 1.54) is 24.3 Å². The summed E-state index contributed by atoms with van der Waals surface area (Å²) in [4.78, 5) is 20.6. The maximum Gasteiger partial charge on any atom is 0.0716 e. The van der Waals surface area contributed by atoms with E-state index in [4.69, 9.17) is 5.73 Å². The minimum atomic E-state index is -1.35. The molecule has 0 aliphatic carbocycles. The van der Waals surface area contributed by atoms with Crippen molar-refractivity contribution in [3.8, 4) is 0 Å². The van der Waals surface area contributed by atoms with E-state index in [-0.39, 0.29) is 11.3 Å². The van der Waals surface area contributed by atoms with Gasteiger partial charge in [0, 0.05) is 5.69 Å². The van der Waals surface area contributed by atoms with Gasteiger partial charge in [-0.15, -0.1) is 0 Å². The molecule has 1 rings (SSSR count). The minimum Gasteiger partial charge on any atom is -0.545 e. The molecule has 0 bridgehead atoms. The number of carbonyl (C=O) groups excluding carboxylic acids is 2. The Morgan fingerprint density at radius 2 is 1.93 bits per heavy atom. The second-order valence-electron chi connectivity index (χ2n) is 2.78. The lowest BCUT2D eigenvalue weighted by Gasteiger charge is -2.05. The number of rotatable bonds is 3. The van der Waals surface area contributed by atoms with E-state index in [1.54, 1.807) is 0 Å². The Hall–Kier alpha value is -2.30. The van der Waals surface area contributed by atoms with Crippen LogP contribution in [0.1, 0.15) is 15.9 Å². The number of anilines is 1. The molecule has 0 heterocycles. The van der Waals surface area contributed by atoms with Gasteiger partial charge in [-0.1, -0.05) is 18.2 Å². The highest BCUT2D eigenvalue weighted by molar-refractivity contribution is 5.89. The summed E-state index contributed by atoms with van der Waals surface area (Å²) in [7, 11) is 0. The molecule has 0 amide bonds. The molecular formula is C10H7NO4-2. The fourth-order valence-electron chi connectivity index (χ4n) is 1.01. The fourth-order valence-corrected chi connectivity index (χ4v) is 1.01. The second kappa shape index (κ2) is 4.28. The van der Waals surface area contributed by atoms with Gasteiger partial charge in [0.25, 0.3) is 0 Å². The number of carboxylic acid groups (broad SMARTS) is 2. The summed E-state index contributed by atoms with van der Waals surface area (Å²) in [5.74, 6) is -2.68. The summed E-state index contributed by atoms with van der Waals surface area (Å²) in [6, 6.07) is 3.87. The first-order chi connectivity index (χ1) is 7.00. The number of hydrogen-bond acceptors (Lipinski definition) is 5. The van der Waals surface area contributed by atoms with Gasteiger partial charge in [-0.05, 0) is 23.3 Å².